The van der Waals surface area contributed by atoms with Gasteiger partial charge in [0.1, 0.15) is 0 Å². The van der Waals surface area contributed by atoms with Crippen molar-refractivity contribution in [2.45, 2.75) is 32.4 Å². The number of H-pyrrole nitrogens is 1. The number of pyridine rings is 1. The molecule has 1 aromatic carbocycles. The molecule has 160 valence electrons. The van der Waals surface area contributed by atoms with Crippen molar-refractivity contribution in [3.05, 3.63) is 66.6 Å². The van der Waals surface area contributed by atoms with Crippen LogP contribution in [0, 0.1) is 17.6 Å². The average molecular weight is 423 g/mol. The van der Waals surface area contributed by atoms with Crippen molar-refractivity contribution in [1.29, 1.82) is 0 Å². The highest BCUT2D eigenvalue weighted by atomic mass is 19.2. The third-order valence-corrected chi connectivity index (χ3v) is 5.89. The van der Waals surface area contributed by atoms with Crippen LogP contribution >= 0.6 is 0 Å². The van der Waals surface area contributed by atoms with Crippen LogP contribution in [-0.2, 0) is 6.54 Å². The molecule has 0 radical (unpaired) electrons. The SMILES string of the molecule is CC1(C)CC(Cn2ccc3nc(-c4cn[nH]c4)ccc32)CN1Oc1cccc(F)c1F. The van der Waals surface area contributed by atoms with Crippen molar-refractivity contribution in [2.24, 2.45) is 5.92 Å². The maximum atomic E-state index is 14.1. The Morgan fingerprint density at radius 3 is 2.87 bits per heavy atom. The Labute approximate surface area is 178 Å². The molecule has 4 aromatic rings. The highest BCUT2D eigenvalue weighted by molar-refractivity contribution is 5.79. The summed E-state index contributed by atoms with van der Waals surface area (Å²) < 4.78 is 29.8. The van der Waals surface area contributed by atoms with Gasteiger partial charge in [-0.05, 0) is 56.5 Å². The zero-order chi connectivity index (χ0) is 21.6. The largest absolute Gasteiger partial charge is 0.402 e. The van der Waals surface area contributed by atoms with Gasteiger partial charge in [0, 0.05) is 31.0 Å². The smallest absolute Gasteiger partial charge is 0.203 e. The molecule has 3 aromatic heterocycles. The summed E-state index contributed by atoms with van der Waals surface area (Å²) in [5, 5.41) is 8.55. The number of aromatic nitrogens is 4. The Kier molecular flexibility index (Phi) is 4.74. The minimum Gasteiger partial charge on any atom is -0.402 e. The topological polar surface area (TPSA) is 59.0 Å². The van der Waals surface area contributed by atoms with E-state index in [4.69, 9.17) is 9.82 Å². The standard InChI is InChI=1S/C23H23F2N5O/c1-23(2)10-15(14-30(23)31-21-5-3-4-17(24)22(21)25)13-29-9-8-19-20(29)7-6-18(28-19)16-11-26-27-12-16/h3-9,11-12,15H,10,13-14H2,1-2H3,(H,26,27). The van der Waals surface area contributed by atoms with Crippen LogP contribution in [-0.4, -0.2) is 36.9 Å². The Bertz CT molecular complexity index is 1220. The maximum absolute atomic E-state index is 14.1. The lowest BCUT2D eigenvalue weighted by Crippen LogP contribution is -2.40. The zero-order valence-corrected chi connectivity index (χ0v) is 17.3. The number of nitrogens with one attached hydrogen (secondary N) is 1. The van der Waals surface area contributed by atoms with Crippen LogP contribution in [0.5, 0.6) is 5.75 Å². The second-order valence-corrected chi connectivity index (χ2v) is 8.64. The Balaban J connectivity index is 1.33. The van der Waals surface area contributed by atoms with Gasteiger partial charge >= 0.3 is 0 Å². The Morgan fingerprint density at radius 2 is 2.06 bits per heavy atom. The summed E-state index contributed by atoms with van der Waals surface area (Å²) in [6.07, 6.45) is 6.48. The minimum atomic E-state index is -0.961. The third kappa shape index (κ3) is 3.67. The minimum absolute atomic E-state index is 0.0869. The first-order valence-electron chi connectivity index (χ1n) is 10.3. The molecule has 1 atom stereocenters. The van der Waals surface area contributed by atoms with Gasteiger partial charge in [0.2, 0.25) is 5.82 Å². The number of fused-ring (bicyclic) bond motifs is 1. The molecule has 1 saturated heterocycles. The van der Waals surface area contributed by atoms with Crippen LogP contribution in [0.3, 0.4) is 0 Å². The van der Waals surface area contributed by atoms with Gasteiger partial charge in [-0.3, -0.25) is 5.10 Å². The lowest BCUT2D eigenvalue weighted by atomic mass is 9.97. The van der Waals surface area contributed by atoms with Gasteiger partial charge in [0.15, 0.2) is 11.6 Å². The third-order valence-electron chi connectivity index (χ3n) is 5.89. The van der Waals surface area contributed by atoms with E-state index in [1.807, 2.05) is 24.5 Å². The van der Waals surface area contributed by atoms with E-state index in [9.17, 15) is 8.78 Å². The molecule has 0 amide bonds. The van der Waals surface area contributed by atoms with Gasteiger partial charge in [-0.1, -0.05) is 6.07 Å². The number of benzene rings is 1. The molecule has 1 N–H and O–H groups in total. The number of hydrogen-bond donors (Lipinski definition) is 1. The number of hydroxylamine groups is 2. The fraction of sp³-hybridized carbons (Fsp3) is 0.304. The Hall–Kier alpha value is -3.26. The van der Waals surface area contributed by atoms with Crippen LogP contribution < -0.4 is 4.84 Å². The van der Waals surface area contributed by atoms with E-state index in [-0.39, 0.29) is 17.2 Å². The lowest BCUT2D eigenvalue weighted by molar-refractivity contribution is -0.109. The molecular formula is C23H23F2N5O. The second kappa shape index (κ2) is 7.46. The molecule has 0 bridgehead atoms. The van der Waals surface area contributed by atoms with Gasteiger partial charge in [-0.25, -0.2) is 9.37 Å². The van der Waals surface area contributed by atoms with E-state index in [2.05, 4.69) is 34.7 Å². The van der Waals surface area contributed by atoms with Crippen molar-refractivity contribution in [3.8, 4) is 17.0 Å². The van der Waals surface area contributed by atoms with Crippen LogP contribution in [0.1, 0.15) is 20.3 Å². The fourth-order valence-electron chi connectivity index (χ4n) is 4.37. The van der Waals surface area contributed by atoms with E-state index < -0.39 is 11.6 Å². The highest BCUT2D eigenvalue weighted by Crippen LogP contribution is 2.36. The lowest BCUT2D eigenvalue weighted by Gasteiger charge is -2.30. The molecule has 4 heterocycles. The van der Waals surface area contributed by atoms with Crippen LogP contribution in [0.25, 0.3) is 22.3 Å². The monoisotopic (exact) mass is 423 g/mol. The van der Waals surface area contributed by atoms with Crippen LogP contribution in [0.2, 0.25) is 0 Å². The normalized spacial score (nSPS) is 18.6. The van der Waals surface area contributed by atoms with E-state index in [0.29, 0.717) is 6.54 Å². The Morgan fingerprint density at radius 1 is 1.19 bits per heavy atom. The summed E-state index contributed by atoms with van der Waals surface area (Å²) in [4.78, 5) is 10.5. The number of hydrogen-bond acceptors (Lipinski definition) is 4. The zero-order valence-electron chi connectivity index (χ0n) is 17.3. The number of halogens is 2. The van der Waals surface area contributed by atoms with Gasteiger partial charge in [0.25, 0.3) is 0 Å². The van der Waals surface area contributed by atoms with Crippen molar-refractivity contribution in [2.75, 3.05) is 6.54 Å². The van der Waals surface area contributed by atoms with Crippen LogP contribution in [0.15, 0.2) is 55.0 Å². The molecule has 5 rings (SSSR count). The molecule has 0 saturated carbocycles. The fourth-order valence-corrected chi connectivity index (χ4v) is 4.37. The van der Waals surface area contributed by atoms with Crippen molar-refractivity contribution in [1.82, 2.24) is 24.8 Å². The van der Waals surface area contributed by atoms with Crippen LogP contribution in [0.4, 0.5) is 8.78 Å². The van der Waals surface area contributed by atoms with Gasteiger partial charge < -0.3 is 9.40 Å². The van der Waals surface area contributed by atoms with E-state index in [0.717, 1.165) is 41.3 Å². The van der Waals surface area contributed by atoms with Crippen molar-refractivity contribution in [3.63, 3.8) is 0 Å². The summed E-state index contributed by atoms with van der Waals surface area (Å²) in [5.41, 5.74) is 3.49. The summed E-state index contributed by atoms with van der Waals surface area (Å²) in [7, 11) is 0. The molecule has 8 heteroatoms. The molecule has 31 heavy (non-hydrogen) atoms. The molecule has 0 spiro atoms. The first kappa shape index (κ1) is 19.7. The highest BCUT2D eigenvalue weighted by Gasteiger charge is 2.41. The summed E-state index contributed by atoms with van der Waals surface area (Å²) in [6.45, 7) is 5.50. The number of nitrogens with zero attached hydrogens (tertiary/aromatic N) is 4. The van der Waals surface area contributed by atoms with Crippen molar-refractivity contribution >= 4 is 11.0 Å². The number of aromatic amines is 1. The molecular weight excluding hydrogens is 400 g/mol. The molecule has 0 aliphatic carbocycles. The molecule has 1 aliphatic rings. The second-order valence-electron chi connectivity index (χ2n) is 8.64. The molecule has 1 unspecified atom stereocenters. The summed E-state index contributed by atoms with van der Waals surface area (Å²) in [5.74, 6) is -1.67. The van der Waals surface area contributed by atoms with E-state index >= 15 is 0 Å². The van der Waals surface area contributed by atoms with E-state index in [1.165, 1.54) is 12.1 Å². The first-order chi connectivity index (χ1) is 14.9. The van der Waals surface area contributed by atoms with Gasteiger partial charge in [0.05, 0.1) is 28.5 Å². The van der Waals surface area contributed by atoms with Crippen molar-refractivity contribution < 1.29 is 13.6 Å². The molecule has 1 fully saturated rings. The average Bonchev–Trinajstić information content (AvgIpc) is 3.46. The summed E-state index contributed by atoms with van der Waals surface area (Å²) >= 11 is 0. The first-order valence-corrected chi connectivity index (χ1v) is 10.3. The number of rotatable bonds is 5. The predicted molar refractivity (Wildman–Crippen MR) is 113 cm³/mol. The van der Waals surface area contributed by atoms with E-state index in [1.54, 1.807) is 11.3 Å². The van der Waals surface area contributed by atoms with Gasteiger partial charge in [-0.15, -0.1) is 5.06 Å². The predicted octanol–water partition coefficient (Wildman–Crippen LogP) is 4.80. The van der Waals surface area contributed by atoms with Gasteiger partial charge in [-0.2, -0.15) is 9.49 Å². The summed E-state index contributed by atoms with van der Waals surface area (Å²) in [6, 6.07) is 10.1. The maximum Gasteiger partial charge on any atom is 0.203 e. The quantitative estimate of drug-likeness (QED) is 0.501. The molecule has 1 aliphatic heterocycles. The molecule has 6 nitrogen and oxygen atoms in total.